The number of rotatable bonds is 2. The summed E-state index contributed by atoms with van der Waals surface area (Å²) in [5, 5.41) is 18.8. The summed E-state index contributed by atoms with van der Waals surface area (Å²) < 4.78 is 0. The second-order valence-electron chi connectivity index (χ2n) is 4.15. The summed E-state index contributed by atoms with van der Waals surface area (Å²) in [7, 11) is 0. The van der Waals surface area contributed by atoms with Gasteiger partial charge in [-0.3, -0.25) is 4.79 Å². The van der Waals surface area contributed by atoms with Gasteiger partial charge in [0, 0.05) is 5.75 Å². The van der Waals surface area contributed by atoms with Crippen molar-refractivity contribution in [2.24, 2.45) is 0 Å². The van der Waals surface area contributed by atoms with Gasteiger partial charge in [0.1, 0.15) is 11.8 Å². The number of thioether (sulfide) groups is 1. The number of benzene rings is 1. The summed E-state index contributed by atoms with van der Waals surface area (Å²) >= 11 is 1.39. The highest BCUT2D eigenvalue weighted by Gasteiger charge is 2.35. The summed E-state index contributed by atoms with van der Waals surface area (Å²) in [6, 6.07) is 3.91. The molecule has 18 heavy (non-hydrogen) atoms. The van der Waals surface area contributed by atoms with Crippen LogP contribution in [0.4, 0.5) is 0 Å². The smallest absolute Gasteiger partial charge is 0.327 e. The van der Waals surface area contributed by atoms with E-state index in [1.807, 2.05) is 0 Å². The van der Waals surface area contributed by atoms with Crippen LogP contribution >= 0.6 is 11.8 Å². The van der Waals surface area contributed by atoms with Crippen molar-refractivity contribution in [2.45, 2.75) is 13.0 Å². The Morgan fingerprint density at radius 2 is 2.17 bits per heavy atom. The fourth-order valence-corrected chi connectivity index (χ4v) is 2.97. The van der Waals surface area contributed by atoms with E-state index in [1.54, 1.807) is 13.0 Å². The Morgan fingerprint density at radius 1 is 1.44 bits per heavy atom. The van der Waals surface area contributed by atoms with Crippen molar-refractivity contribution in [2.75, 3.05) is 11.6 Å². The minimum absolute atomic E-state index is 0.110. The van der Waals surface area contributed by atoms with E-state index in [9.17, 15) is 14.7 Å². The second-order valence-corrected chi connectivity index (χ2v) is 5.15. The van der Waals surface area contributed by atoms with Crippen LogP contribution < -0.4 is 0 Å². The van der Waals surface area contributed by atoms with Crippen LogP contribution in [0.25, 0.3) is 0 Å². The summed E-state index contributed by atoms with van der Waals surface area (Å²) in [4.78, 5) is 24.5. The largest absolute Gasteiger partial charge is 0.507 e. The molecule has 1 unspecified atom stereocenters. The van der Waals surface area contributed by atoms with E-state index in [1.165, 1.54) is 28.8 Å². The monoisotopic (exact) mass is 267 g/mol. The molecular weight excluding hydrogens is 254 g/mol. The second kappa shape index (κ2) is 4.89. The summed E-state index contributed by atoms with van der Waals surface area (Å²) in [5.41, 5.74) is 0.990. The van der Waals surface area contributed by atoms with E-state index in [2.05, 4.69) is 0 Å². The number of hydrogen-bond donors (Lipinski definition) is 2. The highest BCUT2D eigenvalue weighted by molar-refractivity contribution is 7.99. The lowest BCUT2D eigenvalue weighted by Crippen LogP contribution is -2.41. The molecule has 1 amide bonds. The topological polar surface area (TPSA) is 77.8 Å². The molecule has 0 radical (unpaired) electrons. The Bertz CT molecular complexity index is 503. The third-order valence-electron chi connectivity index (χ3n) is 2.81. The zero-order valence-electron chi connectivity index (χ0n) is 9.79. The van der Waals surface area contributed by atoms with Gasteiger partial charge in [0.2, 0.25) is 0 Å². The number of amides is 1. The van der Waals surface area contributed by atoms with Gasteiger partial charge in [-0.15, -0.1) is 11.8 Å². The molecule has 1 aromatic carbocycles. The maximum Gasteiger partial charge on any atom is 0.327 e. The number of carbonyl (C=O) groups excluding carboxylic acids is 1. The van der Waals surface area contributed by atoms with Crippen LogP contribution in [0.5, 0.6) is 5.75 Å². The lowest BCUT2D eigenvalue weighted by Gasteiger charge is -2.20. The van der Waals surface area contributed by atoms with Crippen LogP contribution in [0, 0.1) is 6.92 Å². The van der Waals surface area contributed by atoms with Crippen molar-refractivity contribution < 1.29 is 19.8 Å². The van der Waals surface area contributed by atoms with E-state index in [-0.39, 0.29) is 11.3 Å². The first kappa shape index (κ1) is 12.8. The van der Waals surface area contributed by atoms with Gasteiger partial charge in [-0.05, 0) is 24.6 Å². The first-order chi connectivity index (χ1) is 8.50. The van der Waals surface area contributed by atoms with E-state index in [4.69, 9.17) is 5.11 Å². The molecule has 1 aliphatic rings. The highest BCUT2D eigenvalue weighted by atomic mass is 32.2. The number of carboxylic acids is 1. The third-order valence-corrected chi connectivity index (χ3v) is 3.82. The quantitative estimate of drug-likeness (QED) is 0.844. The van der Waals surface area contributed by atoms with Gasteiger partial charge in [-0.2, -0.15) is 0 Å². The number of aryl methyl sites for hydroxylation is 1. The predicted molar refractivity (Wildman–Crippen MR) is 67.8 cm³/mol. The van der Waals surface area contributed by atoms with Crippen molar-refractivity contribution in [1.82, 2.24) is 4.90 Å². The maximum atomic E-state index is 12.2. The van der Waals surface area contributed by atoms with Crippen LogP contribution in [0.3, 0.4) is 0 Å². The molecule has 1 fully saturated rings. The summed E-state index contributed by atoms with van der Waals surface area (Å²) in [6.45, 7) is 1.81. The van der Waals surface area contributed by atoms with Gasteiger partial charge in [0.05, 0.1) is 11.4 Å². The lowest BCUT2D eigenvalue weighted by atomic mass is 10.1. The number of hydrogen-bond acceptors (Lipinski definition) is 4. The Kier molecular flexibility index (Phi) is 3.47. The number of nitrogens with zero attached hydrogens (tertiary/aromatic N) is 1. The maximum absolute atomic E-state index is 12.2. The van der Waals surface area contributed by atoms with Crippen molar-refractivity contribution in [3.8, 4) is 5.75 Å². The van der Waals surface area contributed by atoms with E-state index in [0.29, 0.717) is 11.6 Å². The number of phenolic OH excluding ortho intramolecular Hbond substituents is 1. The Morgan fingerprint density at radius 3 is 2.78 bits per heavy atom. The van der Waals surface area contributed by atoms with Gasteiger partial charge >= 0.3 is 5.97 Å². The highest BCUT2D eigenvalue weighted by Crippen LogP contribution is 2.27. The minimum atomic E-state index is -1.01. The average Bonchev–Trinajstić information content (AvgIpc) is 2.77. The van der Waals surface area contributed by atoms with Crippen LogP contribution in [-0.2, 0) is 4.79 Å². The fourth-order valence-electron chi connectivity index (χ4n) is 1.82. The zero-order valence-corrected chi connectivity index (χ0v) is 10.6. The molecule has 0 saturated carbocycles. The SMILES string of the molecule is Cc1ccc(C(=O)N2CSCC2C(=O)O)c(O)c1. The number of aliphatic carboxylic acids is 1. The Labute approximate surface area is 108 Å². The van der Waals surface area contributed by atoms with Gasteiger partial charge in [-0.25, -0.2) is 4.79 Å². The van der Waals surface area contributed by atoms with E-state index < -0.39 is 17.9 Å². The lowest BCUT2D eigenvalue weighted by molar-refractivity contribution is -0.140. The Hall–Kier alpha value is -1.69. The van der Waals surface area contributed by atoms with Crippen molar-refractivity contribution in [3.05, 3.63) is 29.3 Å². The molecule has 2 N–H and O–H groups in total. The van der Waals surface area contributed by atoms with E-state index in [0.717, 1.165) is 5.56 Å². The molecule has 5 nitrogen and oxygen atoms in total. The molecule has 0 aromatic heterocycles. The standard InChI is InChI=1S/C12H13NO4S/c1-7-2-3-8(10(14)4-7)11(15)13-6-18-5-9(13)12(16)17/h2-4,9,14H,5-6H2,1H3,(H,16,17). The molecule has 0 aliphatic carbocycles. The van der Waals surface area contributed by atoms with Crippen LogP contribution in [0.15, 0.2) is 18.2 Å². The van der Waals surface area contributed by atoms with Gasteiger partial charge in [0.25, 0.3) is 5.91 Å². The zero-order chi connectivity index (χ0) is 13.3. The summed E-state index contributed by atoms with van der Waals surface area (Å²) in [6.07, 6.45) is 0. The van der Waals surface area contributed by atoms with Gasteiger partial charge in [0.15, 0.2) is 0 Å². The molecule has 2 rings (SSSR count). The normalized spacial score (nSPS) is 18.9. The molecular formula is C12H13NO4S. The molecule has 1 aromatic rings. The van der Waals surface area contributed by atoms with Gasteiger partial charge < -0.3 is 15.1 Å². The van der Waals surface area contributed by atoms with Gasteiger partial charge in [-0.1, -0.05) is 6.07 Å². The Balaban J connectivity index is 2.28. The number of carbonyl (C=O) groups is 2. The van der Waals surface area contributed by atoms with Crippen LogP contribution in [0.2, 0.25) is 0 Å². The number of carboxylic acid groups (broad SMARTS) is 1. The van der Waals surface area contributed by atoms with Crippen molar-refractivity contribution in [1.29, 1.82) is 0 Å². The molecule has 1 atom stereocenters. The number of aromatic hydroxyl groups is 1. The van der Waals surface area contributed by atoms with Crippen molar-refractivity contribution >= 4 is 23.6 Å². The first-order valence-corrected chi connectivity index (χ1v) is 6.57. The van der Waals surface area contributed by atoms with E-state index >= 15 is 0 Å². The molecule has 0 bridgehead atoms. The molecule has 1 heterocycles. The van der Waals surface area contributed by atoms with Crippen LogP contribution in [0.1, 0.15) is 15.9 Å². The molecule has 96 valence electrons. The third kappa shape index (κ3) is 2.28. The number of phenols is 1. The first-order valence-electron chi connectivity index (χ1n) is 5.42. The molecule has 6 heteroatoms. The average molecular weight is 267 g/mol. The fraction of sp³-hybridized carbons (Fsp3) is 0.333. The van der Waals surface area contributed by atoms with Crippen molar-refractivity contribution in [3.63, 3.8) is 0 Å². The van der Waals surface area contributed by atoms with Crippen LogP contribution in [-0.4, -0.2) is 44.7 Å². The summed E-state index contributed by atoms with van der Waals surface area (Å²) in [5.74, 6) is -0.845. The predicted octanol–water partition coefficient (Wildman–Crippen LogP) is 1.30. The molecule has 0 spiro atoms. The molecule has 1 saturated heterocycles. The molecule has 1 aliphatic heterocycles. The minimum Gasteiger partial charge on any atom is -0.507 e.